The number of rotatable bonds is 2. The van der Waals surface area contributed by atoms with E-state index in [2.05, 4.69) is 0 Å². The summed E-state index contributed by atoms with van der Waals surface area (Å²) in [5, 5.41) is 0. The highest BCUT2D eigenvalue weighted by Gasteiger charge is 2.24. The summed E-state index contributed by atoms with van der Waals surface area (Å²) >= 11 is 0. The molecular formula is C14H14O2. The van der Waals surface area contributed by atoms with Crippen LogP contribution < -0.4 is 0 Å². The maximum Gasteiger partial charge on any atom is 0.189 e. The fourth-order valence-electron chi connectivity index (χ4n) is 1.95. The van der Waals surface area contributed by atoms with E-state index < -0.39 is 0 Å². The molecule has 0 unspecified atom stereocenters. The first-order valence-corrected chi connectivity index (χ1v) is 5.59. The van der Waals surface area contributed by atoms with Gasteiger partial charge in [0, 0.05) is 16.7 Å². The number of fused-ring (bicyclic) bond motifs is 1. The summed E-state index contributed by atoms with van der Waals surface area (Å²) in [5.74, 6) is -0.0403. The van der Waals surface area contributed by atoms with E-state index in [0.717, 1.165) is 12.0 Å². The molecule has 2 nitrogen and oxygen atoms in total. The van der Waals surface area contributed by atoms with Crippen LogP contribution in [0.25, 0.3) is 0 Å². The van der Waals surface area contributed by atoms with Gasteiger partial charge in [-0.3, -0.25) is 9.59 Å². The van der Waals surface area contributed by atoms with Gasteiger partial charge in [-0.05, 0) is 30.5 Å². The van der Waals surface area contributed by atoms with Crippen LogP contribution in [0.15, 0.2) is 29.8 Å². The Morgan fingerprint density at radius 2 is 1.75 bits per heavy atom. The van der Waals surface area contributed by atoms with Gasteiger partial charge in [-0.1, -0.05) is 26.0 Å². The predicted molar refractivity (Wildman–Crippen MR) is 62.9 cm³/mol. The number of Topliss-reactive ketones (excluding diaryl/α,β-unsaturated/α-hetero) is 1. The molecule has 0 amide bonds. The summed E-state index contributed by atoms with van der Waals surface area (Å²) in [7, 11) is 0. The van der Waals surface area contributed by atoms with Gasteiger partial charge >= 0.3 is 0 Å². The summed E-state index contributed by atoms with van der Waals surface area (Å²) < 4.78 is 0. The van der Waals surface area contributed by atoms with E-state index in [9.17, 15) is 9.59 Å². The SMILES string of the molecule is CCC1=CC(=O)c2ccc(CC)cc2C1=O. The van der Waals surface area contributed by atoms with Gasteiger partial charge in [0.25, 0.3) is 0 Å². The first-order chi connectivity index (χ1) is 7.67. The number of ketones is 2. The molecule has 0 radical (unpaired) electrons. The minimum atomic E-state index is -0.0471. The van der Waals surface area contributed by atoms with E-state index in [0.29, 0.717) is 23.1 Å². The number of aryl methyl sites for hydroxylation is 1. The Balaban J connectivity index is 2.58. The zero-order valence-corrected chi connectivity index (χ0v) is 9.54. The van der Waals surface area contributed by atoms with Crippen molar-refractivity contribution >= 4 is 11.6 Å². The van der Waals surface area contributed by atoms with E-state index in [1.165, 1.54) is 6.08 Å². The van der Waals surface area contributed by atoms with Crippen LogP contribution in [-0.4, -0.2) is 11.6 Å². The number of carbonyl (C=O) groups is 2. The Hall–Kier alpha value is -1.70. The van der Waals surface area contributed by atoms with Gasteiger partial charge in [-0.15, -0.1) is 0 Å². The largest absolute Gasteiger partial charge is 0.289 e. The molecule has 2 heteroatoms. The molecular weight excluding hydrogens is 200 g/mol. The van der Waals surface area contributed by atoms with Crippen LogP contribution >= 0.6 is 0 Å². The molecule has 1 aliphatic rings. The fourth-order valence-corrected chi connectivity index (χ4v) is 1.95. The standard InChI is InChI=1S/C14H14O2/c1-3-9-5-6-11-12(7-9)14(16)10(4-2)8-13(11)15/h5-8H,3-4H2,1-2H3. The normalized spacial score (nSPS) is 14.8. The van der Waals surface area contributed by atoms with Crippen molar-refractivity contribution in [2.75, 3.05) is 0 Å². The molecule has 2 rings (SSSR count). The molecule has 0 fully saturated rings. The predicted octanol–water partition coefficient (Wildman–Crippen LogP) is 2.96. The molecule has 0 heterocycles. The lowest BCUT2D eigenvalue weighted by Gasteiger charge is -2.14. The van der Waals surface area contributed by atoms with Crippen LogP contribution in [0.5, 0.6) is 0 Å². The smallest absolute Gasteiger partial charge is 0.189 e. The zero-order chi connectivity index (χ0) is 11.7. The van der Waals surface area contributed by atoms with Gasteiger partial charge in [0.05, 0.1) is 0 Å². The molecule has 0 spiro atoms. The number of hydrogen-bond donors (Lipinski definition) is 0. The molecule has 1 aliphatic carbocycles. The first-order valence-electron chi connectivity index (χ1n) is 5.59. The van der Waals surface area contributed by atoms with Gasteiger partial charge in [0.15, 0.2) is 11.6 Å². The summed E-state index contributed by atoms with van der Waals surface area (Å²) in [6.45, 7) is 3.93. The van der Waals surface area contributed by atoms with Crippen LogP contribution in [0.3, 0.4) is 0 Å². The molecule has 1 aromatic carbocycles. The highest BCUT2D eigenvalue weighted by molar-refractivity contribution is 6.24. The monoisotopic (exact) mass is 214 g/mol. The number of benzene rings is 1. The third-order valence-corrected chi connectivity index (χ3v) is 2.98. The van der Waals surface area contributed by atoms with E-state index in [1.54, 1.807) is 6.07 Å². The first kappa shape index (κ1) is 10.8. The van der Waals surface area contributed by atoms with E-state index in [1.807, 2.05) is 26.0 Å². The topological polar surface area (TPSA) is 34.1 Å². The Kier molecular flexibility index (Phi) is 2.73. The molecule has 0 aliphatic heterocycles. The van der Waals surface area contributed by atoms with Crippen molar-refractivity contribution in [3.05, 3.63) is 46.5 Å². The van der Waals surface area contributed by atoms with E-state index >= 15 is 0 Å². The van der Waals surface area contributed by atoms with Crippen LogP contribution in [0, 0.1) is 0 Å². The summed E-state index contributed by atoms with van der Waals surface area (Å²) in [4.78, 5) is 23.8. The number of hydrogen-bond acceptors (Lipinski definition) is 2. The van der Waals surface area contributed by atoms with Crippen molar-refractivity contribution in [1.29, 1.82) is 0 Å². The Bertz CT molecular complexity index is 495. The highest BCUT2D eigenvalue weighted by atomic mass is 16.1. The van der Waals surface area contributed by atoms with Gasteiger partial charge in [0.2, 0.25) is 0 Å². The van der Waals surface area contributed by atoms with Crippen molar-refractivity contribution in [1.82, 2.24) is 0 Å². The van der Waals surface area contributed by atoms with E-state index in [4.69, 9.17) is 0 Å². The Morgan fingerprint density at radius 3 is 2.38 bits per heavy atom. The quantitative estimate of drug-likeness (QED) is 0.758. The second kappa shape index (κ2) is 4.05. The Morgan fingerprint density at radius 1 is 1.00 bits per heavy atom. The Labute approximate surface area is 95.0 Å². The third-order valence-electron chi connectivity index (χ3n) is 2.98. The van der Waals surface area contributed by atoms with Crippen molar-refractivity contribution in [2.45, 2.75) is 26.7 Å². The molecule has 1 aromatic rings. The maximum atomic E-state index is 12.0. The molecule has 0 atom stereocenters. The summed E-state index contributed by atoms with van der Waals surface area (Å²) in [6, 6.07) is 5.52. The summed E-state index contributed by atoms with van der Waals surface area (Å²) in [5.41, 5.74) is 2.83. The van der Waals surface area contributed by atoms with Crippen molar-refractivity contribution in [3.8, 4) is 0 Å². The minimum Gasteiger partial charge on any atom is -0.289 e. The van der Waals surface area contributed by atoms with Gasteiger partial charge in [0.1, 0.15) is 0 Å². The lowest BCUT2D eigenvalue weighted by atomic mass is 9.87. The van der Waals surface area contributed by atoms with Crippen LogP contribution in [0.2, 0.25) is 0 Å². The average molecular weight is 214 g/mol. The highest BCUT2D eigenvalue weighted by Crippen LogP contribution is 2.24. The average Bonchev–Trinajstić information content (AvgIpc) is 2.33. The second-order valence-electron chi connectivity index (χ2n) is 3.95. The summed E-state index contributed by atoms with van der Waals surface area (Å²) in [6.07, 6.45) is 2.95. The van der Waals surface area contributed by atoms with Gasteiger partial charge < -0.3 is 0 Å². The molecule has 0 saturated heterocycles. The number of allylic oxidation sites excluding steroid dienone is 2. The molecule has 0 bridgehead atoms. The fraction of sp³-hybridized carbons (Fsp3) is 0.286. The lowest BCUT2D eigenvalue weighted by Crippen LogP contribution is -2.16. The van der Waals surface area contributed by atoms with Crippen LogP contribution in [-0.2, 0) is 6.42 Å². The zero-order valence-electron chi connectivity index (χ0n) is 9.54. The van der Waals surface area contributed by atoms with Crippen molar-refractivity contribution in [3.63, 3.8) is 0 Å². The third kappa shape index (κ3) is 1.60. The van der Waals surface area contributed by atoms with Gasteiger partial charge in [-0.2, -0.15) is 0 Å². The molecule has 0 aromatic heterocycles. The minimum absolute atomic E-state index is 0.00685. The van der Waals surface area contributed by atoms with Crippen LogP contribution in [0.1, 0.15) is 46.5 Å². The van der Waals surface area contributed by atoms with Crippen molar-refractivity contribution in [2.24, 2.45) is 0 Å². The maximum absolute atomic E-state index is 12.0. The van der Waals surface area contributed by atoms with Gasteiger partial charge in [-0.25, -0.2) is 0 Å². The van der Waals surface area contributed by atoms with E-state index in [-0.39, 0.29) is 11.6 Å². The second-order valence-corrected chi connectivity index (χ2v) is 3.95. The molecule has 0 saturated carbocycles. The van der Waals surface area contributed by atoms with Crippen molar-refractivity contribution < 1.29 is 9.59 Å². The number of carbonyl (C=O) groups excluding carboxylic acids is 2. The molecule has 16 heavy (non-hydrogen) atoms. The molecule has 82 valence electrons. The van der Waals surface area contributed by atoms with Crippen LogP contribution in [0.4, 0.5) is 0 Å². The lowest BCUT2D eigenvalue weighted by molar-refractivity contribution is 0.0982. The molecule has 0 N–H and O–H groups in total.